The first-order chi connectivity index (χ1) is 11.6. The van der Waals surface area contributed by atoms with Crippen molar-refractivity contribution in [1.82, 2.24) is 4.90 Å². The van der Waals surface area contributed by atoms with E-state index in [1.54, 1.807) is 27.9 Å². The Hall–Kier alpha value is -2.24. The molecule has 1 N–H and O–H groups in total. The third-order valence-electron chi connectivity index (χ3n) is 4.38. The lowest BCUT2D eigenvalue weighted by atomic mass is 9.75. The molecule has 0 saturated carbocycles. The first-order valence-corrected chi connectivity index (χ1v) is 8.49. The molecule has 6 nitrogen and oxygen atoms in total. The molecule has 1 aliphatic heterocycles. The predicted molar refractivity (Wildman–Crippen MR) is 93.8 cm³/mol. The van der Waals surface area contributed by atoms with Crippen LogP contribution >= 0.6 is 0 Å². The minimum atomic E-state index is -0.996. The Labute approximate surface area is 148 Å². The summed E-state index contributed by atoms with van der Waals surface area (Å²) >= 11 is 0. The van der Waals surface area contributed by atoms with E-state index in [1.807, 2.05) is 24.3 Å². The molecule has 0 aliphatic carbocycles. The van der Waals surface area contributed by atoms with Crippen molar-refractivity contribution in [3.05, 3.63) is 29.8 Å². The van der Waals surface area contributed by atoms with Crippen LogP contribution in [0.3, 0.4) is 0 Å². The number of ether oxygens (including phenoxy) is 2. The standard InChI is InChI=1S/C19H27NO5/c1-18(2,3)25-17(23)20-11-5-10-19(13-20,16(21)22)12-14-6-8-15(24-4)9-7-14/h6-9H,5,10-13H2,1-4H3,(H,21,22)/t19-/m1/s1. The summed E-state index contributed by atoms with van der Waals surface area (Å²) in [7, 11) is 1.59. The van der Waals surface area contributed by atoms with Crippen LogP contribution in [0.15, 0.2) is 24.3 Å². The smallest absolute Gasteiger partial charge is 0.410 e. The lowest BCUT2D eigenvalue weighted by Gasteiger charge is -2.40. The van der Waals surface area contributed by atoms with Crippen LogP contribution in [0, 0.1) is 5.41 Å². The molecule has 2 rings (SSSR count). The molecule has 0 radical (unpaired) electrons. The van der Waals surface area contributed by atoms with Crippen molar-refractivity contribution in [2.45, 2.75) is 45.6 Å². The first-order valence-electron chi connectivity index (χ1n) is 8.49. The molecular formula is C19H27NO5. The summed E-state index contributed by atoms with van der Waals surface area (Å²) in [6.07, 6.45) is 1.09. The summed E-state index contributed by atoms with van der Waals surface area (Å²) in [4.78, 5) is 25.9. The maximum atomic E-state index is 12.4. The predicted octanol–water partition coefficient (Wildman–Crippen LogP) is 3.34. The van der Waals surface area contributed by atoms with Crippen molar-refractivity contribution in [2.75, 3.05) is 20.2 Å². The van der Waals surface area contributed by atoms with Crippen LogP contribution in [0.25, 0.3) is 0 Å². The largest absolute Gasteiger partial charge is 0.497 e. The molecule has 1 atom stereocenters. The number of methoxy groups -OCH3 is 1. The maximum Gasteiger partial charge on any atom is 0.410 e. The van der Waals surface area contributed by atoms with E-state index in [4.69, 9.17) is 9.47 Å². The fourth-order valence-corrected chi connectivity index (χ4v) is 3.14. The van der Waals surface area contributed by atoms with E-state index in [0.29, 0.717) is 25.8 Å². The summed E-state index contributed by atoms with van der Waals surface area (Å²) in [5.74, 6) is -0.149. The van der Waals surface area contributed by atoms with Crippen LogP contribution in [0.1, 0.15) is 39.2 Å². The van der Waals surface area contributed by atoms with Crippen molar-refractivity contribution < 1.29 is 24.2 Å². The highest BCUT2D eigenvalue weighted by Gasteiger charge is 2.44. The first kappa shape index (κ1) is 19.1. The van der Waals surface area contributed by atoms with Gasteiger partial charge in [0.25, 0.3) is 0 Å². The number of carboxylic acid groups (broad SMARTS) is 1. The van der Waals surface area contributed by atoms with Gasteiger partial charge in [0.2, 0.25) is 0 Å². The second kappa shape index (κ2) is 7.33. The third-order valence-corrected chi connectivity index (χ3v) is 4.38. The Morgan fingerprint density at radius 3 is 2.40 bits per heavy atom. The molecule has 1 saturated heterocycles. The van der Waals surface area contributed by atoms with E-state index >= 15 is 0 Å². The fourth-order valence-electron chi connectivity index (χ4n) is 3.14. The zero-order chi connectivity index (χ0) is 18.7. The van der Waals surface area contributed by atoms with Gasteiger partial charge in [-0.15, -0.1) is 0 Å². The van der Waals surface area contributed by atoms with Crippen molar-refractivity contribution in [1.29, 1.82) is 0 Å². The average molecular weight is 349 g/mol. The van der Waals surface area contributed by atoms with Crippen molar-refractivity contribution in [3.8, 4) is 5.75 Å². The molecule has 0 unspecified atom stereocenters. The molecule has 1 fully saturated rings. The zero-order valence-electron chi connectivity index (χ0n) is 15.4. The van der Waals surface area contributed by atoms with E-state index < -0.39 is 23.1 Å². The topological polar surface area (TPSA) is 76.1 Å². The monoisotopic (exact) mass is 349 g/mol. The van der Waals surface area contributed by atoms with E-state index in [1.165, 1.54) is 4.90 Å². The van der Waals surface area contributed by atoms with Crippen molar-refractivity contribution in [3.63, 3.8) is 0 Å². The normalized spacial score (nSPS) is 20.9. The third kappa shape index (κ3) is 4.87. The lowest BCUT2D eigenvalue weighted by molar-refractivity contribution is -0.152. The molecule has 25 heavy (non-hydrogen) atoms. The maximum absolute atomic E-state index is 12.4. The highest BCUT2D eigenvalue weighted by atomic mass is 16.6. The van der Waals surface area contributed by atoms with E-state index in [0.717, 1.165) is 11.3 Å². The minimum Gasteiger partial charge on any atom is -0.497 e. The Balaban J connectivity index is 2.17. The van der Waals surface area contributed by atoms with Gasteiger partial charge in [0.1, 0.15) is 11.4 Å². The molecule has 0 bridgehead atoms. The molecule has 1 aliphatic rings. The van der Waals surface area contributed by atoms with Crippen LogP contribution < -0.4 is 4.74 Å². The molecular weight excluding hydrogens is 322 g/mol. The SMILES string of the molecule is COc1ccc(C[C@]2(C(=O)O)CCCN(C(=O)OC(C)(C)C)C2)cc1. The Morgan fingerprint density at radius 2 is 1.88 bits per heavy atom. The summed E-state index contributed by atoms with van der Waals surface area (Å²) in [5, 5.41) is 9.88. The molecule has 138 valence electrons. The number of carbonyl (C=O) groups is 2. The number of amides is 1. The number of rotatable bonds is 4. The van der Waals surface area contributed by atoms with Crippen LogP contribution in [0.4, 0.5) is 4.79 Å². The molecule has 1 amide bonds. The van der Waals surface area contributed by atoms with Crippen molar-refractivity contribution in [2.24, 2.45) is 5.41 Å². The van der Waals surface area contributed by atoms with Crippen LogP contribution in [0.5, 0.6) is 5.75 Å². The van der Waals surface area contributed by atoms with Gasteiger partial charge in [-0.05, 0) is 57.7 Å². The number of carboxylic acids is 1. The van der Waals surface area contributed by atoms with Gasteiger partial charge >= 0.3 is 12.1 Å². The number of nitrogens with zero attached hydrogens (tertiary/aromatic N) is 1. The molecule has 1 aromatic carbocycles. The second-order valence-electron chi connectivity index (χ2n) is 7.62. The summed E-state index contributed by atoms with van der Waals surface area (Å²) < 4.78 is 10.5. The fraction of sp³-hybridized carbons (Fsp3) is 0.579. The van der Waals surface area contributed by atoms with Gasteiger partial charge in [-0.25, -0.2) is 4.79 Å². The van der Waals surface area contributed by atoms with Crippen molar-refractivity contribution >= 4 is 12.1 Å². The number of benzene rings is 1. The second-order valence-corrected chi connectivity index (χ2v) is 7.62. The van der Waals surface area contributed by atoms with Gasteiger partial charge in [0.15, 0.2) is 0 Å². The number of hydrogen-bond donors (Lipinski definition) is 1. The number of carbonyl (C=O) groups excluding carboxylic acids is 1. The molecule has 0 spiro atoms. The lowest BCUT2D eigenvalue weighted by Crippen LogP contribution is -2.52. The van der Waals surface area contributed by atoms with E-state index in [9.17, 15) is 14.7 Å². The van der Waals surface area contributed by atoms with Crippen LogP contribution in [-0.2, 0) is 16.0 Å². The van der Waals surface area contributed by atoms with Gasteiger partial charge in [-0.3, -0.25) is 4.79 Å². The van der Waals surface area contributed by atoms with E-state index in [-0.39, 0.29) is 6.54 Å². The highest BCUT2D eigenvalue weighted by Crippen LogP contribution is 2.35. The number of hydrogen-bond acceptors (Lipinski definition) is 4. The number of aliphatic carboxylic acids is 1. The summed E-state index contributed by atoms with van der Waals surface area (Å²) in [6.45, 7) is 6.08. The molecule has 1 aromatic rings. The number of likely N-dealkylation sites (tertiary alicyclic amines) is 1. The van der Waals surface area contributed by atoms with Crippen LogP contribution in [-0.4, -0.2) is 47.9 Å². The minimum absolute atomic E-state index is 0.156. The number of piperidine rings is 1. The summed E-state index contributed by atoms with van der Waals surface area (Å²) in [6, 6.07) is 7.38. The Kier molecular flexibility index (Phi) is 5.60. The zero-order valence-corrected chi connectivity index (χ0v) is 15.4. The quantitative estimate of drug-likeness (QED) is 0.902. The van der Waals surface area contributed by atoms with Crippen LogP contribution in [0.2, 0.25) is 0 Å². The molecule has 0 aromatic heterocycles. The van der Waals surface area contributed by atoms with Gasteiger partial charge in [-0.1, -0.05) is 12.1 Å². The highest BCUT2D eigenvalue weighted by molar-refractivity contribution is 5.77. The van der Waals surface area contributed by atoms with Gasteiger partial charge in [0, 0.05) is 13.1 Å². The average Bonchev–Trinajstić information content (AvgIpc) is 2.54. The van der Waals surface area contributed by atoms with E-state index in [2.05, 4.69) is 0 Å². The Bertz CT molecular complexity index is 620. The van der Waals surface area contributed by atoms with Gasteiger partial charge < -0.3 is 19.5 Å². The molecule has 6 heteroatoms. The Morgan fingerprint density at radius 1 is 1.24 bits per heavy atom. The summed E-state index contributed by atoms with van der Waals surface area (Å²) in [5.41, 5.74) is -0.686. The van der Waals surface area contributed by atoms with Gasteiger partial charge in [0.05, 0.1) is 12.5 Å². The van der Waals surface area contributed by atoms with Gasteiger partial charge in [-0.2, -0.15) is 0 Å². The molecule has 1 heterocycles.